The van der Waals surface area contributed by atoms with Crippen molar-refractivity contribution < 1.29 is 14.1 Å². The van der Waals surface area contributed by atoms with Crippen LogP contribution in [0, 0.1) is 0 Å². The van der Waals surface area contributed by atoms with Crippen LogP contribution in [0.2, 0.25) is 0 Å². The summed E-state index contributed by atoms with van der Waals surface area (Å²) in [6, 6.07) is 9.70. The normalized spacial score (nSPS) is 11.1. The minimum Gasteiger partial charge on any atom is -0.497 e. The van der Waals surface area contributed by atoms with Crippen molar-refractivity contribution in [1.82, 2.24) is 20.7 Å². The lowest BCUT2D eigenvalue weighted by Gasteiger charge is -2.14. The number of nitrogens with zero attached hydrogens (tertiary/aromatic N) is 3. The molecule has 0 bridgehead atoms. The van der Waals surface area contributed by atoms with Gasteiger partial charge in [0, 0.05) is 26.1 Å². The van der Waals surface area contributed by atoms with E-state index in [0.29, 0.717) is 25.0 Å². The molecule has 31 heavy (non-hydrogen) atoms. The Kier molecular flexibility index (Phi) is 12.0. The maximum Gasteiger partial charge on any atom is 0.241 e. The van der Waals surface area contributed by atoms with Crippen LogP contribution in [0.4, 0.5) is 0 Å². The van der Waals surface area contributed by atoms with Crippen LogP contribution in [0.3, 0.4) is 0 Å². The lowest BCUT2D eigenvalue weighted by molar-refractivity contribution is -0.127. The molecule has 172 valence electrons. The molecule has 0 fully saturated rings. The fourth-order valence-electron chi connectivity index (χ4n) is 2.88. The number of ether oxygens (including phenoxy) is 1. The van der Waals surface area contributed by atoms with Crippen LogP contribution in [0.5, 0.6) is 5.75 Å². The molecule has 9 heteroatoms. The zero-order chi connectivity index (χ0) is 21.9. The average Bonchev–Trinajstić information content (AvgIpc) is 3.22. The molecular weight excluding hydrogens is 509 g/mol. The number of benzene rings is 1. The van der Waals surface area contributed by atoms with Crippen LogP contribution >= 0.6 is 24.0 Å². The number of hydrogen-bond donors (Lipinski definition) is 2. The number of aromatic nitrogens is 1. The first kappa shape index (κ1) is 26.7. The van der Waals surface area contributed by atoms with Gasteiger partial charge in [0.2, 0.25) is 5.91 Å². The largest absolute Gasteiger partial charge is 0.497 e. The Labute approximate surface area is 201 Å². The summed E-state index contributed by atoms with van der Waals surface area (Å²) in [7, 11) is 5.08. The number of hydrogen-bond acceptors (Lipinski definition) is 5. The molecule has 0 atom stereocenters. The second-order valence-corrected chi connectivity index (χ2v) is 7.24. The van der Waals surface area contributed by atoms with E-state index in [-0.39, 0.29) is 36.4 Å². The fourth-order valence-corrected chi connectivity index (χ4v) is 2.88. The summed E-state index contributed by atoms with van der Waals surface area (Å²) in [6.07, 6.45) is 2.05. The second kappa shape index (κ2) is 13.9. The number of guanidine groups is 1. The average molecular weight is 543 g/mol. The second-order valence-electron chi connectivity index (χ2n) is 7.24. The third kappa shape index (κ3) is 8.76. The first-order valence-electron chi connectivity index (χ1n) is 10.3. The van der Waals surface area contributed by atoms with E-state index in [0.717, 1.165) is 35.6 Å². The zero-order valence-electron chi connectivity index (χ0n) is 19.0. The highest BCUT2D eigenvalue weighted by atomic mass is 127. The molecule has 0 unspecified atom stereocenters. The van der Waals surface area contributed by atoms with Gasteiger partial charge in [-0.3, -0.25) is 4.79 Å². The molecule has 2 N–H and O–H groups in total. The number of amides is 1. The number of carbonyl (C=O) groups is 1. The first-order chi connectivity index (χ1) is 14.5. The van der Waals surface area contributed by atoms with Gasteiger partial charge in [-0.1, -0.05) is 31.1 Å². The number of halogens is 1. The Morgan fingerprint density at radius 2 is 1.87 bits per heavy atom. The Balaban J connectivity index is 0.00000480. The Bertz CT molecular complexity index is 817. The molecule has 1 amide bonds. The lowest BCUT2D eigenvalue weighted by Crippen LogP contribution is -2.42. The summed E-state index contributed by atoms with van der Waals surface area (Å²) in [4.78, 5) is 18.1. The third-order valence-electron chi connectivity index (χ3n) is 4.90. The third-order valence-corrected chi connectivity index (χ3v) is 4.90. The van der Waals surface area contributed by atoms with Crippen molar-refractivity contribution in [3.8, 4) is 5.75 Å². The van der Waals surface area contributed by atoms with Crippen molar-refractivity contribution in [3.63, 3.8) is 0 Å². The highest BCUT2D eigenvalue weighted by Crippen LogP contribution is 2.22. The van der Waals surface area contributed by atoms with Crippen LogP contribution in [0.1, 0.15) is 49.6 Å². The summed E-state index contributed by atoms with van der Waals surface area (Å²) < 4.78 is 10.7. The number of likely N-dealkylation sites (N-methyl/N-ethyl adjacent to an activating group) is 1. The predicted octanol–water partition coefficient (Wildman–Crippen LogP) is 3.53. The van der Waals surface area contributed by atoms with Crippen LogP contribution < -0.4 is 15.4 Å². The van der Waals surface area contributed by atoms with E-state index in [9.17, 15) is 4.79 Å². The maximum absolute atomic E-state index is 11.9. The van der Waals surface area contributed by atoms with E-state index in [1.807, 2.05) is 30.3 Å². The standard InChI is InChI=1S/C22H33N5O3.HI/c1-6-17(7-2)20-12-19(30-26-20)14-24-22(25-15-21(28)27(3)4)23-13-16-8-10-18(29-5)11-9-16;/h8-12,17H,6-7,13-15H2,1-5H3,(H2,23,24,25);1H. The smallest absolute Gasteiger partial charge is 0.241 e. The molecular formula is C22H34IN5O3. The van der Waals surface area contributed by atoms with Crippen molar-refractivity contribution in [2.75, 3.05) is 27.7 Å². The predicted molar refractivity (Wildman–Crippen MR) is 133 cm³/mol. The van der Waals surface area contributed by atoms with Gasteiger partial charge in [0.25, 0.3) is 0 Å². The van der Waals surface area contributed by atoms with Crippen molar-refractivity contribution in [2.24, 2.45) is 4.99 Å². The highest BCUT2D eigenvalue weighted by molar-refractivity contribution is 14.0. The number of aliphatic imine (C=N–C) groups is 1. The molecule has 1 aromatic carbocycles. The zero-order valence-corrected chi connectivity index (χ0v) is 21.3. The van der Waals surface area contributed by atoms with E-state index in [1.165, 1.54) is 4.90 Å². The molecule has 0 saturated carbocycles. The van der Waals surface area contributed by atoms with Gasteiger partial charge >= 0.3 is 0 Å². The van der Waals surface area contributed by atoms with Gasteiger partial charge in [-0.05, 0) is 30.5 Å². The minimum absolute atomic E-state index is 0. The summed E-state index contributed by atoms with van der Waals surface area (Å²) in [5.41, 5.74) is 2.01. The van der Waals surface area contributed by atoms with E-state index in [4.69, 9.17) is 9.26 Å². The summed E-state index contributed by atoms with van der Waals surface area (Å²) in [5, 5.41) is 10.5. The summed E-state index contributed by atoms with van der Waals surface area (Å²) in [5.74, 6) is 2.43. The molecule has 0 aliphatic rings. The Morgan fingerprint density at radius 3 is 2.45 bits per heavy atom. The lowest BCUT2D eigenvalue weighted by atomic mass is 9.99. The first-order valence-corrected chi connectivity index (χ1v) is 10.3. The monoisotopic (exact) mass is 543 g/mol. The van der Waals surface area contributed by atoms with Crippen LogP contribution in [0.25, 0.3) is 0 Å². The van der Waals surface area contributed by atoms with Gasteiger partial charge in [-0.15, -0.1) is 24.0 Å². The molecule has 1 aromatic heterocycles. The molecule has 0 radical (unpaired) electrons. The van der Waals surface area contributed by atoms with Gasteiger partial charge in [-0.25, -0.2) is 4.99 Å². The van der Waals surface area contributed by atoms with E-state index >= 15 is 0 Å². The minimum atomic E-state index is -0.0374. The van der Waals surface area contributed by atoms with Gasteiger partial charge < -0.3 is 24.8 Å². The molecule has 1 heterocycles. The number of rotatable bonds is 10. The van der Waals surface area contributed by atoms with E-state index in [2.05, 4.69) is 34.6 Å². The van der Waals surface area contributed by atoms with Gasteiger partial charge in [0.05, 0.1) is 32.4 Å². The number of carbonyl (C=O) groups excluding carboxylic acids is 1. The molecule has 2 aromatic rings. The van der Waals surface area contributed by atoms with Gasteiger partial charge in [-0.2, -0.15) is 0 Å². The van der Waals surface area contributed by atoms with Crippen molar-refractivity contribution >= 4 is 35.8 Å². The number of methoxy groups -OCH3 is 1. The Morgan fingerprint density at radius 1 is 1.19 bits per heavy atom. The topological polar surface area (TPSA) is 92.0 Å². The van der Waals surface area contributed by atoms with E-state index in [1.54, 1.807) is 21.2 Å². The fraction of sp³-hybridized carbons (Fsp3) is 0.500. The van der Waals surface area contributed by atoms with Crippen molar-refractivity contribution in [1.29, 1.82) is 0 Å². The Hall–Kier alpha value is -2.30. The van der Waals surface area contributed by atoms with Crippen molar-refractivity contribution in [2.45, 2.75) is 45.7 Å². The molecule has 2 rings (SSSR count). The summed E-state index contributed by atoms with van der Waals surface area (Å²) >= 11 is 0. The SMILES string of the molecule is CCC(CC)c1cc(CNC(=NCc2ccc(OC)cc2)NCC(=O)N(C)C)on1.I. The number of nitrogens with one attached hydrogen (secondary N) is 2. The quantitative estimate of drug-likeness (QED) is 0.271. The molecule has 0 aliphatic carbocycles. The van der Waals surface area contributed by atoms with Crippen LogP contribution in [0.15, 0.2) is 39.8 Å². The molecule has 0 aliphatic heterocycles. The summed E-state index contributed by atoms with van der Waals surface area (Å²) in [6.45, 7) is 5.34. The van der Waals surface area contributed by atoms with Crippen molar-refractivity contribution in [3.05, 3.63) is 47.3 Å². The highest BCUT2D eigenvalue weighted by Gasteiger charge is 2.13. The van der Waals surface area contributed by atoms with E-state index < -0.39 is 0 Å². The maximum atomic E-state index is 11.9. The van der Waals surface area contributed by atoms with Crippen LogP contribution in [-0.2, 0) is 17.9 Å². The molecule has 0 saturated heterocycles. The van der Waals surface area contributed by atoms with Gasteiger partial charge in [0.1, 0.15) is 5.75 Å². The van der Waals surface area contributed by atoms with Gasteiger partial charge in [0.15, 0.2) is 11.7 Å². The molecule has 0 spiro atoms. The molecule has 8 nitrogen and oxygen atoms in total. The van der Waals surface area contributed by atoms with Crippen LogP contribution in [-0.4, -0.2) is 49.7 Å².